The van der Waals surface area contributed by atoms with Gasteiger partial charge in [0.2, 0.25) is 0 Å². The van der Waals surface area contributed by atoms with E-state index >= 15 is 0 Å². The first-order valence-electron chi connectivity index (χ1n) is 8.64. The molecule has 0 N–H and O–H groups in total. The largest absolute Gasteiger partial charge is 0.363 e. The number of nitrogens with zero attached hydrogens (tertiary/aromatic N) is 6. The Labute approximate surface area is 157 Å². The van der Waals surface area contributed by atoms with Crippen LogP contribution in [0.4, 0.5) is 5.82 Å². The van der Waals surface area contributed by atoms with Gasteiger partial charge in [0, 0.05) is 43.6 Å². The molecule has 27 heavy (non-hydrogen) atoms. The van der Waals surface area contributed by atoms with Gasteiger partial charge in [-0.15, -0.1) is 0 Å². The van der Waals surface area contributed by atoms with Crippen LogP contribution in [-0.4, -0.2) is 39.0 Å². The van der Waals surface area contributed by atoms with Gasteiger partial charge in [-0.2, -0.15) is 5.10 Å². The van der Waals surface area contributed by atoms with Crippen molar-refractivity contribution in [2.75, 3.05) is 19.0 Å². The molecule has 0 aliphatic rings. The van der Waals surface area contributed by atoms with Gasteiger partial charge in [-0.3, -0.25) is 4.68 Å². The molecule has 4 rings (SSSR count). The van der Waals surface area contributed by atoms with Crippen molar-refractivity contribution in [2.24, 2.45) is 0 Å². The summed E-state index contributed by atoms with van der Waals surface area (Å²) in [5.41, 5.74) is 4.70. The van der Waals surface area contributed by atoms with Crippen LogP contribution in [0.2, 0.25) is 0 Å². The quantitative estimate of drug-likeness (QED) is 0.543. The van der Waals surface area contributed by atoms with Gasteiger partial charge in [0.1, 0.15) is 23.6 Å². The van der Waals surface area contributed by atoms with Crippen molar-refractivity contribution >= 4 is 5.82 Å². The molecule has 0 amide bonds. The summed E-state index contributed by atoms with van der Waals surface area (Å²) in [5, 5.41) is 8.67. The lowest BCUT2D eigenvalue weighted by Crippen LogP contribution is -2.10. The third-order valence-corrected chi connectivity index (χ3v) is 4.21. The number of hydrogen-bond donors (Lipinski definition) is 0. The van der Waals surface area contributed by atoms with Gasteiger partial charge >= 0.3 is 0 Å². The van der Waals surface area contributed by atoms with Crippen molar-refractivity contribution in [3.05, 3.63) is 66.4 Å². The average molecular weight is 360 g/mol. The minimum absolute atomic E-state index is 0.579. The summed E-state index contributed by atoms with van der Waals surface area (Å²) < 4.78 is 6.97. The van der Waals surface area contributed by atoms with E-state index in [9.17, 15) is 0 Å². The van der Waals surface area contributed by atoms with Crippen LogP contribution in [0.5, 0.6) is 0 Å². The van der Waals surface area contributed by atoms with Gasteiger partial charge in [0.05, 0.1) is 17.9 Å². The van der Waals surface area contributed by atoms with Gasteiger partial charge in [0.15, 0.2) is 0 Å². The molecular formula is C20H20N6O. The fourth-order valence-corrected chi connectivity index (χ4v) is 2.85. The normalized spacial score (nSPS) is 10.9. The maximum absolute atomic E-state index is 5.11. The molecule has 0 spiro atoms. The first kappa shape index (κ1) is 17.0. The average Bonchev–Trinajstić information content (AvgIpc) is 3.31. The fourth-order valence-electron chi connectivity index (χ4n) is 2.85. The lowest BCUT2D eigenvalue weighted by atomic mass is 10.1. The van der Waals surface area contributed by atoms with Crippen LogP contribution in [0, 0.1) is 6.92 Å². The number of benzene rings is 1. The van der Waals surface area contributed by atoms with Crippen molar-refractivity contribution in [1.29, 1.82) is 0 Å². The van der Waals surface area contributed by atoms with Gasteiger partial charge in [0.25, 0.3) is 0 Å². The Balaban J connectivity index is 1.60. The molecule has 7 heteroatoms. The van der Waals surface area contributed by atoms with Crippen LogP contribution in [0.3, 0.4) is 0 Å². The van der Waals surface area contributed by atoms with Gasteiger partial charge in [-0.25, -0.2) is 9.97 Å². The predicted octanol–water partition coefficient (Wildman–Crippen LogP) is 3.42. The highest BCUT2D eigenvalue weighted by Gasteiger charge is 2.08. The summed E-state index contributed by atoms with van der Waals surface area (Å²) in [5.74, 6) is 1.67. The topological polar surface area (TPSA) is 72.9 Å². The van der Waals surface area contributed by atoms with Crippen LogP contribution in [0.1, 0.15) is 11.5 Å². The highest BCUT2D eigenvalue weighted by Crippen LogP contribution is 2.25. The van der Waals surface area contributed by atoms with Crippen molar-refractivity contribution in [3.8, 4) is 22.5 Å². The van der Waals surface area contributed by atoms with Crippen molar-refractivity contribution in [3.63, 3.8) is 0 Å². The summed E-state index contributed by atoms with van der Waals surface area (Å²) in [6.45, 7) is 2.46. The van der Waals surface area contributed by atoms with Gasteiger partial charge in [-0.1, -0.05) is 23.4 Å². The first-order valence-corrected chi connectivity index (χ1v) is 8.64. The fraction of sp³-hybridized carbons (Fsp3) is 0.200. The molecule has 1 aromatic carbocycles. The van der Waals surface area contributed by atoms with E-state index in [-0.39, 0.29) is 0 Å². The van der Waals surface area contributed by atoms with E-state index in [0.29, 0.717) is 6.54 Å². The summed E-state index contributed by atoms with van der Waals surface area (Å²) >= 11 is 0. The Morgan fingerprint density at radius 3 is 2.56 bits per heavy atom. The second kappa shape index (κ2) is 7.03. The SMILES string of the molecule is Cc1cc(Cn2ccc(-c3cccc(-c4cc(N(C)C)ncn4)c3)n2)no1. The second-order valence-electron chi connectivity index (χ2n) is 6.56. The van der Waals surface area contributed by atoms with Crippen LogP contribution >= 0.6 is 0 Å². The molecule has 3 heterocycles. The minimum Gasteiger partial charge on any atom is -0.363 e. The third kappa shape index (κ3) is 3.72. The maximum Gasteiger partial charge on any atom is 0.133 e. The highest BCUT2D eigenvalue weighted by molar-refractivity contribution is 5.70. The zero-order valence-corrected chi connectivity index (χ0v) is 15.5. The molecular weight excluding hydrogens is 340 g/mol. The van der Waals surface area contributed by atoms with E-state index < -0.39 is 0 Å². The Bertz CT molecular complexity index is 1070. The van der Waals surface area contributed by atoms with E-state index in [0.717, 1.165) is 39.8 Å². The summed E-state index contributed by atoms with van der Waals surface area (Å²) in [6.07, 6.45) is 3.53. The molecule has 0 radical (unpaired) electrons. The van der Waals surface area contributed by atoms with Crippen molar-refractivity contribution < 1.29 is 4.52 Å². The molecule has 0 bridgehead atoms. The zero-order valence-electron chi connectivity index (χ0n) is 15.5. The Hall–Kier alpha value is -3.48. The lowest BCUT2D eigenvalue weighted by Gasteiger charge is -2.11. The van der Waals surface area contributed by atoms with E-state index in [2.05, 4.69) is 26.3 Å². The van der Waals surface area contributed by atoms with Crippen LogP contribution in [0.15, 0.2) is 59.5 Å². The molecule has 0 unspecified atom stereocenters. The number of hydrogen-bond acceptors (Lipinski definition) is 6. The van der Waals surface area contributed by atoms with Gasteiger partial charge < -0.3 is 9.42 Å². The smallest absolute Gasteiger partial charge is 0.133 e. The molecule has 0 saturated carbocycles. The number of aryl methyl sites for hydroxylation is 1. The summed E-state index contributed by atoms with van der Waals surface area (Å²) in [7, 11) is 3.93. The minimum atomic E-state index is 0.579. The molecule has 3 aromatic heterocycles. The molecule has 0 saturated heterocycles. The molecule has 0 fully saturated rings. The summed E-state index contributed by atoms with van der Waals surface area (Å²) in [6, 6.07) is 14.1. The van der Waals surface area contributed by atoms with Crippen LogP contribution < -0.4 is 4.90 Å². The third-order valence-electron chi connectivity index (χ3n) is 4.21. The van der Waals surface area contributed by atoms with E-state index in [1.165, 1.54) is 0 Å². The van der Waals surface area contributed by atoms with Crippen molar-refractivity contribution in [2.45, 2.75) is 13.5 Å². The predicted molar refractivity (Wildman–Crippen MR) is 103 cm³/mol. The molecule has 0 aliphatic heterocycles. The zero-order chi connectivity index (χ0) is 18.8. The molecule has 7 nitrogen and oxygen atoms in total. The lowest BCUT2D eigenvalue weighted by molar-refractivity contribution is 0.388. The van der Waals surface area contributed by atoms with E-state index in [1.54, 1.807) is 6.33 Å². The molecule has 0 aliphatic carbocycles. The standard InChI is InChI=1S/C20H20N6O/c1-14-9-17(24-27-14)12-26-8-7-18(23-26)15-5-4-6-16(10-15)19-11-20(25(2)3)22-13-21-19/h4-11,13H,12H2,1-3H3. The molecule has 0 atom stereocenters. The molecule has 4 aromatic rings. The van der Waals surface area contributed by atoms with Crippen molar-refractivity contribution in [1.82, 2.24) is 24.9 Å². The maximum atomic E-state index is 5.11. The number of rotatable bonds is 5. The van der Waals surface area contributed by atoms with Crippen LogP contribution in [-0.2, 0) is 6.54 Å². The van der Waals surface area contributed by atoms with Crippen LogP contribution in [0.25, 0.3) is 22.5 Å². The Morgan fingerprint density at radius 1 is 1.00 bits per heavy atom. The second-order valence-corrected chi connectivity index (χ2v) is 6.56. The summed E-state index contributed by atoms with van der Waals surface area (Å²) in [4.78, 5) is 10.6. The van der Waals surface area contributed by atoms with E-state index in [1.807, 2.05) is 73.2 Å². The number of aromatic nitrogens is 5. The van der Waals surface area contributed by atoms with Gasteiger partial charge in [-0.05, 0) is 19.1 Å². The molecule has 136 valence electrons. The highest BCUT2D eigenvalue weighted by atomic mass is 16.5. The Morgan fingerprint density at radius 2 is 1.81 bits per heavy atom. The van der Waals surface area contributed by atoms with E-state index in [4.69, 9.17) is 4.52 Å². The Kier molecular flexibility index (Phi) is 4.42. The first-order chi connectivity index (χ1) is 13.1. The number of anilines is 1. The monoisotopic (exact) mass is 360 g/mol.